The predicted octanol–water partition coefficient (Wildman–Crippen LogP) is 4.63. The highest BCUT2D eigenvalue weighted by atomic mass is 32.2. The Morgan fingerprint density at radius 1 is 0.709 bits per heavy atom. The van der Waals surface area contributed by atoms with E-state index in [1.165, 1.54) is 26.6 Å². The van der Waals surface area contributed by atoms with Crippen LogP contribution in [0, 0.1) is 47.3 Å². The van der Waals surface area contributed by atoms with Crippen LogP contribution in [-0.4, -0.2) is 239 Å². The van der Waals surface area contributed by atoms with Crippen molar-refractivity contribution in [3.63, 3.8) is 0 Å². The number of quaternary nitrogens is 1. The Morgan fingerprint density at radius 2 is 1.35 bits per heavy atom. The summed E-state index contributed by atoms with van der Waals surface area (Å²) in [7, 11) is 7.00. The molecule has 1 aromatic heterocycles. The van der Waals surface area contributed by atoms with Crippen LogP contribution >= 0.6 is 0 Å². The summed E-state index contributed by atoms with van der Waals surface area (Å²) in [6.45, 7) is 20.4. The zero-order valence-corrected chi connectivity index (χ0v) is 68.3. The minimum absolute atomic E-state index is 0.0139. The third-order valence-electron chi connectivity index (χ3n) is 20.8. The molecular formula is C80H124N15O14S+. The van der Waals surface area contributed by atoms with Crippen molar-refractivity contribution in [1.82, 2.24) is 61.9 Å². The van der Waals surface area contributed by atoms with Crippen LogP contribution in [0.4, 0.5) is 10.5 Å². The summed E-state index contributed by atoms with van der Waals surface area (Å²) in [5.74, 6) is 1.28. The van der Waals surface area contributed by atoms with Crippen molar-refractivity contribution in [2.75, 3.05) is 93.3 Å². The smallest absolute Gasteiger partial charge is 0.312 e. The molecule has 110 heavy (non-hydrogen) atoms. The van der Waals surface area contributed by atoms with Crippen molar-refractivity contribution in [3.8, 4) is 11.8 Å². The molecule has 1 saturated heterocycles. The fourth-order valence-electron chi connectivity index (χ4n) is 14.2. The Labute approximate surface area is 651 Å². The molecule has 5 rings (SSSR count). The number of amides is 11. The van der Waals surface area contributed by atoms with Gasteiger partial charge in [-0.15, -0.1) is 0 Å². The first-order chi connectivity index (χ1) is 52.0. The van der Waals surface area contributed by atoms with Crippen LogP contribution in [0.5, 0.6) is 0 Å². The van der Waals surface area contributed by atoms with E-state index in [1.54, 1.807) is 61.9 Å². The number of ether oxygens (including phenoxy) is 2. The molecule has 0 unspecified atom stereocenters. The molecule has 608 valence electrons. The van der Waals surface area contributed by atoms with Gasteiger partial charge in [0.1, 0.15) is 24.2 Å². The summed E-state index contributed by atoms with van der Waals surface area (Å²) in [6.07, 6.45) is 10.8. The van der Waals surface area contributed by atoms with E-state index in [0.717, 1.165) is 48.8 Å². The van der Waals surface area contributed by atoms with Gasteiger partial charge < -0.3 is 72.0 Å². The lowest BCUT2D eigenvalue weighted by atomic mass is 9.89. The quantitative estimate of drug-likeness (QED) is 0.0123. The highest BCUT2D eigenvalue weighted by molar-refractivity contribution is 7.90. The minimum Gasteiger partial charge on any atom is -0.379 e. The van der Waals surface area contributed by atoms with E-state index in [2.05, 4.69) is 71.4 Å². The minimum atomic E-state index is -3.50. The molecule has 2 aliphatic heterocycles. The molecule has 30 heteroatoms. The summed E-state index contributed by atoms with van der Waals surface area (Å²) in [4.78, 5) is 150. The number of primary amides is 1. The molecule has 0 radical (unpaired) electrons. The van der Waals surface area contributed by atoms with E-state index in [-0.39, 0.29) is 110 Å². The van der Waals surface area contributed by atoms with Crippen LogP contribution in [0.3, 0.4) is 0 Å². The van der Waals surface area contributed by atoms with Crippen molar-refractivity contribution in [2.24, 2.45) is 41.2 Å². The van der Waals surface area contributed by atoms with E-state index >= 15 is 0 Å². The molecule has 3 heterocycles. The lowest BCUT2D eigenvalue weighted by Crippen LogP contribution is -2.59. The molecule has 1 fully saturated rings. The number of methoxy groups -OCH3 is 2. The normalized spacial score (nSPS) is 18.4. The van der Waals surface area contributed by atoms with E-state index in [0.29, 0.717) is 61.4 Å². The van der Waals surface area contributed by atoms with Crippen molar-refractivity contribution >= 4 is 74.7 Å². The third-order valence-corrected chi connectivity index (χ3v) is 21.7. The van der Waals surface area contributed by atoms with E-state index in [9.17, 15) is 56.4 Å². The number of carbonyl (C=O) groups is 10. The Kier molecular flexibility index (Phi) is 37.4. The Morgan fingerprint density at radius 3 is 1.93 bits per heavy atom. The molecule has 11 atom stereocenters. The second-order valence-electron chi connectivity index (χ2n) is 30.9. The number of sulfone groups is 1. The van der Waals surface area contributed by atoms with Crippen molar-refractivity contribution in [2.45, 2.75) is 206 Å². The number of likely N-dealkylation sites (tertiary alicyclic amines) is 1. The lowest BCUT2D eigenvalue weighted by molar-refractivity contribution is -0.915. The number of anilines is 1. The number of aromatic nitrogens is 2. The van der Waals surface area contributed by atoms with Crippen molar-refractivity contribution < 1.29 is 70.3 Å². The average Bonchev–Trinajstić information content (AvgIpc) is 1.47. The summed E-state index contributed by atoms with van der Waals surface area (Å²) in [6, 6.07) is 9.52. The average molecular weight is 1550 g/mol. The first kappa shape index (κ1) is 91.7. The van der Waals surface area contributed by atoms with Crippen LogP contribution in [0.25, 0.3) is 0 Å². The molecule has 0 saturated carbocycles. The maximum absolute atomic E-state index is 14.6. The van der Waals surface area contributed by atoms with Crippen LogP contribution in [-0.2, 0) is 75.4 Å². The number of benzene rings is 2. The second-order valence-corrected chi connectivity index (χ2v) is 32.8. The number of unbranched alkanes of at least 4 members (excludes halogenated alkanes) is 1. The van der Waals surface area contributed by atoms with Crippen LogP contribution in [0.2, 0.25) is 0 Å². The number of hydrogen-bond acceptors (Lipinski definition) is 17. The van der Waals surface area contributed by atoms with Crippen LogP contribution < -0.4 is 48.3 Å². The number of nitrogens with one attached hydrogen (secondary N) is 8. The number of hydrogen-bond donors (Lipinski definition) is 9. The Bertz CT molecular complexity index is 3720. The largest absolute Gasteiger partial charge is 0.379 e. The maximum atomic E-state index is 14.6. The maximum Gasteiger partial charge on any atom is 0.312 e. The van der Waals surface area contributed by atoms with Gasteiger partial charge in [0.05, 0.1) is 74.9 Å². The van der Waals surface area contributed by atoms with E-state index < -0.39 is 99.9 Å². The summed E-state index contributed by atoms with van der Waals surface area (Å²) < 4.78 is 36.1. The number of carbonyl (C=O) groups excluding carboxylic acids is 10. The zero-order valence-electron chi connectivity index (χ0n) is 67.5. The van der Waals surface area contributed by atoms with E-state index in [1.807, 2.05) is 103 Å². The number of nitrogens with zero attached hydrogens (tertiary/aromatic N) is 6. The third kappa shape index (κ3) is 29.1. The first-order valence-electron chi connectivity index (χ1n) is 38.5. The van der Waals surface area contributed by atoms with Crippen LogP contribution in [0.1, 0.15) is 150 Å². The monoisotopic (exact) mass is 1550 g/mol. The van der Waals surface area contributed by atoms with Gasteiger partial charge in [0.25, 0.3) is 0 Å². The number of rotatable bonds is 43. The van der Waals surface area contributed by atoms with Gasteiger partial charge in [-0.3, -0.25) is 48.1 Å². The number of likely N-dealkylation sites (N-methyl/N-ethyl adjacent to an activating group) is 2. The fourth-order valence-corrected chi connectivity index (χ4v) is 14.6. The van der Waals surface area contributed by atoms with E-state index in [4.69, 9.17) is 15.2 Å². The van der Waals surface area contributed by atoms with Gasteiger partial charge in [-0.2, -0.15) is 0 Å². The summed E-state index contributed by atoms with van der Waals surface area (Å²) in [5.41, 5.74) is 7.62. The van der Waals surface area contributed by atoms with Crippen molar-refractivity contribution in [3.05, 3.63) is 95.8 Å². The summed E-state index contributed by atoms with van der Waals surface area (Å²) >= 11 is 0. The van der Waals surface area contributed by atoms with Gasteiger partial charge in [-0.1, -0.05) is 135 Å². The standard InChI is InChI=1S/C80H123N15O14S/c1-17-54(8)71(93(12)78(104)69(52(4)5)91-77(103)70(53(6)7)92(10)11)64(108-14)46-67(98)94-41-25-31-63(94)72(109-15)55(9)73(99)89-62(45-56-27-20-18-21-28-56)74(100)84-48-57-34-36-60(37-35-57)87-75(101)61(30-24-40-82-79(81)105)88-76(102)68(51(2)3)90-66(97)33-26-42-95(13)43-38-58(39-44-95)47-83-65(96)32-23-19-22-29-59-49-85-80(86-50-59)110(16,106)107/h18,20-21,25,27-28,31,34-37,49-55,58,61-64,68-72H,17,19,23-24,26,30,32-33,38-48H2,1-16H3,(H9-,81,82,83,84,87,88,89,90,91,96,97,99,100,101,102,103,105)/p+1/t54-,55+,58?,61-,62-,63-,64+,68-,69-,70-,71-,72+,95?/m0/s1. The fraction of sp³-hybridized carbons (Fsp3) is 0.625. The molecule has 2 aromatic carbocycles. The molecule has 11 amide bonds. The molecule has 0 spiro atoms. The van der Waals surface area contributed by atoms with Crippen LogP contribution in [0.15, 0.2) is 84.3 Å². The SMILES string of the molecule is CC[C@H](C)[C@@H]([C@@H](CC(=O)N1CC=C[C@H]1[C@H](OC)[C@@H](C)C(=O)N[C@@H](Cc1ccccc1)C(=O)NCc1ccc(NC(=O)[C@H](CCCNC(N)=O)NC(=O)[C@@H](NC(=O)CCC[N+]2(C)CCC(CNC(=O)CCCC#Cc3cnc(S(C)(=O)=O)nc3)CC2)C(C)C)cc1)OC)N(C)C(=O)[C@@H](NC(=O)[C@H](C(C)C)N(C)C)C(C)C. The molecule has 29 nitrogen and oxygen atoms in total. The molecular weight excluding hydrogens is 1430 g/mol. The molecule has 3 aromatic rings. The predicted molar refractivity (Wildman–Crippen MR) is 421 cm³/mol. The second kappa shape index (κ2) is 44.8. The van der Waals surface area contributed by atoms with Gasteiger partial charge >= 0.3 is 6.03 Å². The summed E-state index contributed by atoms with van der Waals surface area (Å²) in [5, 5.41) is 22.9. The topological polar surface area (TPSA) is 381 Å². The first-order valence-corrected chi connectivity index (χ1v) is 40.4. The van der Waals surface area contributed by atoms with Gasteiger partial charge in [0, 0.05) is 117 Å². The Hall–Kier alpha value is -8.89. The number of urea groups is 1. The van der Waals surface area contributed by atoms with Gasteiger partial charge in [-0.25, -0.2) is 23.2 Å². The van der Waals surface area contributed by atoms with Gasteiger partial charge in [-0.05, 0) is 86.2 Å². The Balaban J connectivity index is 1.15. The number of piperidine rings is 1. The molecule has 2 aliphatic rings. The molecule has 10 N–H and O–H groups in total. The molecule has 0 aliphatic carbocycles. The zero-order chi connectivity index (χ0) is 81.6. The highest BCUT2D eigenvalue weighted by Crippen LogP contribution is 2.29. The van der Waals surface area contributed by atoms with Gasteiger partial charge in [0.2, 0.25) is 68.2 Å². The lowest BCUT2D eigenvalue weighted by Gasteiger charge is -2.41. The van der Waals surface area contributed by atoms with Gasteiger partial charge in [0.15, 0.2) is 0 Å². The molecule has 0 bridgehead atoms. The van der Waals surface area contributed by atoms with Crippen molar-refractivity contribution in [1.29, 1.82) is 0 Å². The highest BCUT2D eigenvalue weighted by Gasteiger charge is 2.43. The number of nitrogens with two attached hydrogens (primary N) is 1.